The van der Waals surface area contributed by atoms with Gasteiger partial charge in [0.2, 0.25) is 5.91 Å². The lowest BCUT2D eigenvalue weighted by atomic mass is 10.1. The number of nitrogens with zero attached hydrogens (tertiary/aromatic N) is 2. The van der Waals surface area contributed by atoms with Crippen molar-refractivity contribution in [2.45, 2.75) is 33.2 Å². The molecule has 140 valence electrons. The van der Waals surface area contributed by atoms with Crippen molar-refractivity contribution in [1.82, 2.24) is 15.1 Å². The summed E-state index contributed by atoms with van der Waals surface area (Å²) in [7, 11) is 4.71. The molecule has 0 saturated heterocycles. The molecule has 26 heavy (non-hydrogen) atoms. The third-order valence-electron chi connectivity index (χ3n) is 4.42. The average Bonchev–Trinajstić information content (AvgIpc) is 2.89. The summed E-state index contributed by atoms with van der Waals surface area (Å²) in [5, 5.41) is 7.24. The molecule has 2 aromatic rings. The van der Waals surface area contributed by atoms with E-state index in [4.69, 9.17) is 9.47 Å². The van der Waals surface area contributed by atoms with Crippen molar-refractivity contribution < 1.29 is 19.1 Å². The van der Waals surface area contributed by atoms with E-state index in [2.05, 4.69) is 10.4 Å². The fraction of sp³-hybridized carbons (Fsp3) is 0.421. The van der Waals surface area contributed by atoms with E-state index in [0.717, 1.165) is 22.5 Å². The van der Waals surface area contributed by atoms with Gasteiger partial charge in [-0.1, -0.05) is 6.07 Å². The van der Waals surface area contributed by atoms with Crippen molar-refractivity contribution in [3.05, 3.63) is 46.3 Å². The fourth-order valence-electron chi connectivity index (χ4n) is 2.84. The van der Waals surface area contributed by atoms with Crippen LogP contribution in [0.1, 0.15) is 39.3 Å². The first-order valence-electron chi connectivity index (χ1n) is 8.38. The van der Waals surface area contributed by atoms with Crippen molar-refractivity contribution in [1.29, 1.82) is 0 Å². The molecule has 1 N–H and O–H groups in total. The summed E-state index contributed by atoms with van der Waals surface area (Å²) in [4.78, 5) is 24.0. The number of amides is 1. The summed E-state index contributed by atoms with van der Waals surface area (Å²) in [5.74, 6) is -0.0879. The largest absolute Gasteiger partial charge is 0.496 e. The second-order valence-electron chi connectivity index (χ2n) is 6.08. The fourth-order valence-corrected chi connectivity index (χ4v) is 2.84. The van der Waals surface area contributed by atoms with Gasteiger partial charge in [-0.3, -0.25) is 9.48 Å². The predicted octanol–water partition coefficient (Wildman–Crippen LogP) is 2.08. The first kappa shape index (κ1) is 19.5. The maximum Gasteiger partial charge on any atom is 0.341 e. The van der Waals surface area contributed by atoms with Crippen LogP contribution in [0.3, 0.4) is 0 Å². The number of aromatic nitrogens is 2. The van der Waals surface area contributed by atoms with Crippen LogP contribution >= 0.6 is 0 Å². The van der Waals surface area contributed by atoms with Gasteiger partial charge in [0.25, 0.3) is 0 Å². The van der Waals surface area contributed by atoms with Crippen LogP contribution < -0.4 is 10.1 Å². The minimum Gasteiger partial charge on any atom is -0.496 e. The predicted molar refractivity (Wildman–Crippen MR) is 97.2 cm³/mol. The van der Waals surface area contributed by atoms with Crippen molar-refractivity contribution in [3.63, 3.8) is 0 Å². The molecule has 0 radical (unpaired) electrons. The number of hydrogen-bond acceptors (Lipinski definition) is 5. The molecule has 2 rings (SSSR count). The maximum absolute atomic E-state index is 12.2. The molecule has 0 aliphatic rings. The van der Waals surface area contributed by atoms with E-state index in [-0.39, 0.29) is 5.91 Å². The monoisotopic (exact) mass is 359 g/mol. The SMILES string of the molecule is COC(=O)c1cc(CNC(=O)CCc2c(C)nn(C)c2C)ccc1OC. The Morgan fingerprint density at radius 3 is 2.54 bits per heavy atom. The Labute approximate surface area is 153 Å². The van der Waals surface area contributed by atoms with E-state index in [1.165, 1.54) is 14.2 Å². The molecule has 0 atom stereocenters. The Hall–Kier alpha value is -2.83. The smallest absolute Gasteiger partial charge is 0.341 e. The van der Waals surface area contributed by atoms with Crippen molar-refractivity contribution in [2.75, 3.05) is 14.2 Å². The van der Waals surface area contributed by atoms with Crippen LogP contribution in [0, 0.1) is 13.8 Å². The Bertz CT molecular complexity index is 811. The lowest BCUT2D eigenvalue weighted by Gasteiger charge is -2.10. The van der Waals surface area contributed by atoms with Gasteiger partial charge >= 0.3 is 5.97 Å². The van der Waals surface area contributed by atoms with Gasteiger partial charge in [-0.05, 0) is 43.5 Å². The summed E-state index contributed by atoms with van der Waals surface area (Å²) in [6.07, 6.45) is 1.03. The molecule has 0 spiro atoms. The maximum atomic E-state index is 12.2. The third-order valence-corrected chi connectivity index (χ3v) is 4.42. The molecule has 0 bridgehead atoms. The molecule has 1 aromatic heterocycles. The number of carbonyl (C=O) groups excluding carboxylic acids is 2. The molecular weight excluding hydrogens is 334 g/mol. The van der Waals surface area contributed by atoms with Gasteiger partial charge in [-0.15, -0.1) is 0 Å². The number of esters is 1. The van der Waals surface area contributed by atoms with Crippen molar-refractivity contribution in [3.8, 4) is 5.75 Å². The van der Waals surface area contributed by atoms with Gasteiger partial charge in [-0.25, -0.2) is 4.79 Å². The zero-order valence-electron chi connectivity index (χ0n) is 15.9. The lowest BCUT2D eigenvalue weighted by Crippen LogP contribution is -2.23. The van der Waals surface area contributed by atoms with Gasteiger partial charge < -0.3 is 14.8 Å². The van der Waals surface area contributed by atoms with Crippen LogP contribution in [0.5, 0.6) is 5.75 Å². The topological polar surface area (TPSA) is 82.5 Å². The number of rotatable bonds is 7. The average molecular weight is 359 g/mol. The summed E-state index contributed by atoms with van der Waals surface area (Å²) in [5.41, 5.74) is 4.28. The molecule has 0 aliphatic heterocycles. The van der Waals surface area contributed by atoms with E-state index < -0.39 is 5.97 Å². The minimum absolute atomic E-state index is 0.0527. The molecule has 7 heteroatoms. The zero-order chi connectivity index (χ0) is 19.3. The van der Waals surface area contributed by atoms with Gasteiger partial charge in [0.1, 0.15) is 11.3 Å². The molecule has 0 fully saturated rings. The standard InChI is InChI=1S/C19H25N3O4/c1-12-15(13(2)22(3)21-12)7-9-18(23)20-11-14-6-8-17(25-4)16(10-14)19(24)26-5/h6,8,10H,7,9,11H2,1-5H3,(H,20,23). The van der Waals surface area contributed by atoms with E-state index >= 15 is 0 Å². The quantitative estimate of drug-likeness (QED) is 0.766. The van der Waals surface area contributed by atoms with E-state index in [1.807, 2.05) is 25.6 Å². The Morgan fingerprint density at radius 1 is 1.23 bits per heavy atom. The zero-order valence-corrected chi connectivity index (χ0v) is 15.9. The molecule has 1 aromatic carbocycles. The number of ether oxygens (including phenoxy) is 2. The highest BCUT2D eigenvalue weighted by molar-refractivity contribution is 5.92. The summed E-state index contributed by atoms with van der Waals surface area (Å²) >= 11 is 0. The highest BCUT2D eigenvalue weighted by Gasteiger charge is 2.14. The number of carbonyl (C=O) groups is 2. The number of nitrogens with one attached hydrogen (secondary N) is 1. The van der Waals surface area contributed by atoms with Crippen molar-refractivity contribution in [2.24, 2.45) is 7.05 Å². The van der Waals surface area contributed by atoms with Crippen LogP contribution in [0.15, 0.2) is 18.2 Å². The van der Waals surface area contributed by atoms with Gasteiger partial charge in [0, 0.05) is 25.7 Å². The summed E-state index contributed by atoms with van der Waals surface area (Å²) < 4.78 is 11.7. The van der Waals surface area contributed by atoms with Crippen LogP contribution in [0.4, 0.5) is 0 Å². The van der Waals surface area contributed by atoms with Crippen LogP contribution in [0.2, 0.25) is 0 Å². The van der Waals surface area contributed by atoms with E-state index in [9.17, 15) is 9.59 Å². The molecule has 0 aliphatic carbocycles. The van der Waals surface area contributed by atoms with Crippen molar-refractivity contribution >= 4 is 11.9 Å². The number of benzene rings is 1. The molecular formula is C19H25N3O4. The lowest BCUT2D eigenvalue weighted by molar-refractivity contribution is -0.121. The molecule has 1 heterocycles. The molecule has 0 unspecified atom stereocenters. The number of methoxy groups -OCH3 is 2. The first-order chi connectivity index (χ1) is 12.4. The normalized spacial score (nSPS) is 10.5. The summed E-state index contributed by atoms with van der Waals surface area (Å²) in [6, 6.07) is 5.16. The highest BCUT2D eigenvalue weighted by Crippen LogP contribution is 2.21. The second-order valence-corrected chi connectivity index (χ2v) is 6.08. The van der Waals surface area contributed by atoms with Gasteiger partial charge in [0.05, 0.1) is 19.9 Å². The molecule has 7 nitrogen and oxygen atoms in total. The van der Waals surface area contributed by atoms with Crippen LogP contribution in [0.25, 0.3) is 0 Å². The number of aryl methyl sites for hydroxylation is 2. The second kappa shape index (κ2) is 8.51. The number of hydrogen-bond donors (Lipinski definition) is 1. The summed E-state index contributed by atoms with van der Waals surface area (Å²) in [6.45, 7) is 4.28. The molecule has 0 saturated carbocycles. The van der Waals surface area contributed by atoms with E-state index in [0.29, 0.717) is 30.7 Å². The van der Waals surface area contributed by atoms with Gasteiger partial charge in [0.15, 0.2) is 0 Å². The Kier molecular flexibility index (Phi) is 6.38. The van der Waals surface area contributed by atoms with E-state index in [1.54, 1.807) is 18.2 Å². The molecule has 1 amide bonds. The minimum atomic E-state index is -0.474. The van der Waals surface area contributed by atoms with Crippen LogP contribution in [-0.4, -0.2) is 35.9 Å². The van der Waals surface area contributed by atoms with Crippen LogP contribution in [-0.2, 0) is 29.5 Å². The first-order valence-corrected chi connectivity index (χ1v) is 8.38. The Morgan fingerprint density at radius 2 is 1.96 bits per heavy atom. The third kappa shape index (κ3) is 4.41. The highest BCUT2D eigenvalue weighted by atomic mass is 16.5. The van der Waals surface area contributed by atoms with Gasteiger partial charge in [-0.2, -0.15) is 5.10 Å². The Balaban J connectivity index is 1.96.